The van der Waals surface area contributed by atoms with Crippen LogP contribution in [0.4, 0.5) is 0 Å². The third-order valence-electron chi connectivity index (χ3n) is 2.89. The highest BCUT2D eigenvalue weighted by molar-refractivity contribution is 14.1. The van der Waals surface area contributed by atoms with Gasteiger partial charge in [0.1, 0.15) is 18.1 Å². The molecule has 0 unspecified atom stereocenters. The van der Waals surface area contributed by atoms with Crippen LogP contribution < -0.4 is 14.8 Å². The van der Waals surface area contributed by atoms with Gasteiger partial charge in [-0.3, -0.25) is 4.79 Å². The number of amides is 1. The summed E-state index contributed by atoms with van der Waals surface area (Å²) in [6.45, 7) is 0.794. The van der Waals surface area contributed by atoms with Gasteiger partial charge in [-0.25, -0.2) is 0 Å². The van der Waals surface area contributed by atoms with Crippen molar-refractivity contribution in [3.05, 3.63) is 56.6 Å². The number of hydrogen-bond donors (Lipinski definition) is 1. The van der Waals surface area contributed by atoms with Gasteiger partial charge in [-0.15, -0.1) is 0 Å². The number of methoxy groups -OCH3 is 1. The molecule has 0 aliphatic carbocycles. The molecule has 0 aliphatic heterocycles. The molecular formula is C16H15ClINO3. The summed E-state index contributed by atoms with van der Waals surface area (Å²) in [6.07, 6.45) is 0. The van der Waals surface area contributed by atoms with Crippen LogP contribution in [0.1, 0.15) is 10.4 Å². The van der Waals surface area contributed by atoms with Crippen molar-refractivity contribution in [1.82, 2.24) is 5.32 Å². The molecular weight excluding hydrogens is 417 g/mol. The second-order valence-corrected chi connectivity index (χ2v) is 6.00. The number of nitrogens with one attached hydrogen (secondary N) is 1. The van der Waals surface area contributed by atoms with E-state index in [1.165, 1.54) is 0 Å². The zero-order valence-electron chi connectivity index (χ0n) is 11.9. The fourth-order valence-electron chi connectivity index (χ4n) is 1.77. The van der Waals surface area contributed by atoms with Crippen LogP contribution in [-0.4, -0.2) is 26.2 Å². The molecule has 0 aliphatic rings. The van der Waals surface area contributed by atoms with Crippen molar-refractivity contribution in [2.75, 3.05) is 20.3 Å². The summed E-state index contributed by atoms with van der Waals surface area (Å²) in [6, 6.07) is 12.5. The number of ether oxygens (including phenoxy) is 2. The molecule has 6 heteroatoms. The molecule has 1 N–H and O–H groups in total. The van der Waals surface area contributed by atoms with Gasteiger partial charge in [0.25, 0.3) is 5.91 Å². The summed E-state index contributed by atoms with van der Waals surface area (Å²) in [4.78, 5) is 12.1. The number of halogens is 2. The monoisotopic (exact) mass is 431 g/mol. The van der Waals surface area contributed by atoms with Crippen molar-refractivity contribution in [2.45, 2.75) is 0 Å². The van der Waals surface area contributed by atoms with E-state index in [0.29, 0.717) is 23.7 Å². The maximum absolute atomic E-state index is 12.1. The van der Waals surface area contributed by atoms with Gasteiger partial charge < -0.3 is 14.8 Å². The van der Waals surface area contributed by atoms with Gasteiger partial charge in [0.05, 0.1) is 19.2 Å². The predicted molar refractivity (Wildman–Crippen MR) is 95.0 cm³/mol. The number of benzene rings is 2. The van der Waals surface area contributed by atoms with Gasteiger partial charge in [0, 0.05) is 8.59 Å². The molecule has 2 rings (SSSR count). The van der Waals surface area contributed by atoms with E-state index in [4.69, 9.17) is 21.1 Å². The largest absolute Gasteiger partial charge is 0.497 e. The Hall–Kier alpha value is -1.47. The summed E-state index contributed by atoms with van der Waals surface area (Å²) in [5.74, 6) is 1.34. The minimum atomic E-state index is -0.162. The Bertz CT molecular complexity index is 646. The van der Waals surface area contributed by atoms with E-state index in [-0.39, 0.29) is 5.91 Å². The molecule has 0 saturated carbocycles. The maximum Gasteiger partial charge on any atom is 0.252 e. The fraction of sp³-hybridized carbons (Fsp3) is 0.188. The molecule has 0 radical (unpaired) electrons. The molecule has 2 aromatic carbocycles. The van der Waals surface area contributed by atoms with Crippen LogP contribution in [0, 0.1) is 3.57 Å². The Balaban J connectivity index is 1.80. The molecule has 0 atom stereocenters. The van der Waals surface area contributed by atoms with E-state index in [2.05, 4.69) is 27.9 Å². The Morgan fingerprint density at radius 1 is 1.18 bits per heavy atom. The van der Waals surface area contributed by atoms with Crippen LogP contribution in [0.15, 0.2) is 42.5 Å². The van der Waals surface area contributed by atoms with Gasteiger partial charge in [-0.2, -0.15) is 0 Å². The molecule has 0 fully saturated rings. The molecule has 0 saturated heterocycles. The lowest BCUT2D eigenvalue weighted by molar-refractivity contribution is 0.0946. The Morgan fingerprint density at radius 2 is 1.86 bits per heavy atom. The van der Waals surface area contributed by atoms with Gasteiger partial charge >= 0.3 is 0 Å². The van der Waals surface area contributed by atoms with Gasteiger partial charge in [-0.05, 0) is 65.1 Å². The third-order valence-corrected chi connectivity index (χ3v) is 4.06. The van der Waals surface area contributed by atoms with Crippen LogP contribution in [0.3, 0.4) is 0 Å². The lowest BCUT2D eigenvalue weighted by atomic mass is 10.2. The Kier molecular flexibility index (Phi) is 6.33. The average molecular weight is 432 g/mol. The molecule has 2 aromatic rings. The van der Waals surface area contributed by atoms with Crippen LogP contribution in [0.2, 0.25) is 5.02 Å². The van der Waals surface area contributed by atoms with E-state index in [9.17, 15) is 4.79 Å². The van der Waals surface area contributed by atoms with Gasteiger partial charge in [0.2, 0.25) is 0 Å². The van der Waals surface area contributed by atoms with E-state index in [1.54, 1.807) is 19.2 Å². The van der Waals surface area contributed by atoms with Crippen molar-refractivity contribution >= 4 is 40.1 Å². The highest BCUT2D eigenvalue weighted by Gasteiger charge is 2.09. The van der Waals surface area contributed by atoms with E-state index in [1.807, 2.05) is 30.3 Å². The molecule has 0 bridgehead atoms. The smallest absolute Gasteiger partial charge is 0.252 e. The molecule has 0 spiro atoms. The molecule has 4 nitrogen and oxygen atoms in total. The van der Waals surface area contributed by atoms with Crippen molar-refractivity contribution in [3.63, 3.8) is 0 Å². The Morgan fingerprint density at radius 3 is 2.55 bits per heavy atom. The van der Waals surface area contributed by atoms with Crippen LogP contribution in [-0.2, 0) is 0 Å². The fourth-order valence-corrected chi connectivity index (χ4v) is 2.52. The summed E-state index contributed by atoms with van der Waals surface area (Å²) in [7, 11) is 1.61. The van der Waals surface area contributed by atoms with Crippen molar-refractivity contribution in [3.8, 4) is 11.5 Å². The van der Waals surface area contributed by atoms with Crippen molar-refractivity contribution in [2.24, 2.45) is 0 Å². The van der Waals surface area contributed by atoms with Gasteiger partial charge in [-0.1, -0.05) is 11.6 Å². The van der Waals surface area contributed by atoms with Crippen molar-refractivity contribution < 1.29 is 14.3 Å². The molecule has 116 valence electrons. The highest BCUT2D eigenvalue weighted by atomic mass is 127. The SMILES string of the molecule is COc1ccc(OCCNC(=O)c2cc(Cl)ccc2I)cc1. The van der Waals surface area contributed by atoms with Crippen LogP contribution in [0.25, 0.3) is 0 Å². The minimum absolute atomic E-state index is 0.162. The molecule has 1 amide bonds. The first-order valence-corrected chi connectivity index (χ1v) is 8.06. The van der Waals surface area contributed by atoms with E-state index in [0.717, 1.165) is 15.1 Å². The summed E-state index contributed by atoms with van der Waals surface area (Å²) in [5.41, 5.74) is 0.567. The van der Waals surface area contributed by atoms with E-state index < -0.39 is 0 Å². The second kappa shape index (κ2) is 8.24. The average Bonchev–Trinajstić information content (AvgIpc) is 2.54. The normalized spacial score (nSPS) is 10.1. The lowest BCUT2D eigenvalue weighted by Crippen LogP contribution is -2.28. The number of carbonyl (C=O) groups is 1. The third kappa shape index (κ3) is 4.78. The number of rotatable bonds is 6. The first-order valence-electron chi connectivity index (χ1n) is 6.60. The Labute approximate surface area is 147 Å². The zero-order valence-corrected chi connectivity index (χ0v) is 14.8. The van der Waals surface area contributed by atoms with Gasteiger partial charge in [0.15, 0.2) is 0 Å². The summed E-state index contributed by atoms with van der Waals surface area (Å²) in [5, 5.41) is 3.35. The highest BCUT2D eigenvalue weighted by Crippen LogP contribution is 2.18. The van der Waals surface area contributed by atoms with E-state index >= 15 is 0 Å². The molecule has 22 heavy (non-hydrogen) atoms. The predicted octanol–water partition coefficient (Wildman–Crippen LogP) is 3.76. The van der Waals surface area contributed by atoms with Crippen LogP contribution >= 0.6 is 34.2 Å². The first-order chi connectivity index (χ1) is 10.6. The minimum Gasteiger partial charge on any atom is -0.497 e. The quantitative estimate of drug-likeness (QED) is 0.560. The molecule has 0 heterocycles. The lowest BCUT2D eigenvalue weighted by Gasteiger charge is -2.09. The zero-order chi connectivity index (χ0) is 15.9. The topological polar surface area (TPSA) is 47.6 Å². The summed E-state index contributed by atoms with van der Waals surface area (Å²) < 4.78 is 11.5. The molecule has 0 aromatic heterocycles. The number of hydrogen-bond acceptors (Lipinski definition) is 3. The first kappa shape index (κ1) is 16.9. The number of carbonyl (C=O) groups excluding carboxylic acids is 1. The maximum atomic E-state index is 12.1. The van der Waals surface area contributed by atoms with Crippen LogP contribution in [0.5, 0.6) is 11.5 Å². The van der Waals surface area contributed by atoms with Crippen molar-refractivity contribution in [1.29, 1.82) is 0 Å². The second-order valence-electron chi connectivity index (χ2n) is 4.40. The standard InChI is InChI=1S/C16H15ClINO3/c1-21-12-3-5-13(6-4-12)22-9-8-19-16(20)14-10-11(17)2-7-15(14)18/h2-7,10H,8-9H2,1H3,(H,19,20). The summed E-state index contributed by atoms with van der Waals surface area (Å²) >= 11 is 8.02.